The Morgan fingerprint density at radius 1 is 0.326 bits per heavy atom. The van der Waals surface area contributed by atoms with Crippen LogP contribution in [0.25, 0.3) is 0 Å². The Hall–Kier alpha value is -0.400. The van der Waals surface area contributed by atoms with Crippen LogP contribution in [0.15, 0.2) is 0 Å². The first-order valence-corrected chi connectivity index (χ1v) is 42.6. The fourth-order valence-corrected chi connectivity index (χ4v) is 14.7. The van der Waals surface area contributed by atoms with E-state index in [1.165, 1.54) is 347 Å². The maximum Gasteiger partial charge on any atom is 0.185 e. The Labute approximate surface area is 579 Å². The summed E-state index contributed by atoms with van der Waals surface area (Å²) in [5.41, 5.74) is 8.17. The van der Waals surface area contributed by atoms with Crippen LogP contribution in [0.1, 0.15) is 436 Å². The van der Waals surface area contributed by atoms with E-state index in [4.69, 9.17) is 5.32 Å². The van der Waals surface area contributed by atoms with Crippen molar-refractivity contribution < 1.29 is 0 Å². The summed E-state index contributed by atoms with van der Waals surface area (Å²) < 4.78 is 0. The van der Waals surface area contributed by atoms with Crippen LogP contribution < -0.4 is 48.1 Å². The van der Waals surface area contributed by atoms with Crippen LogP contribution in [0.3, 0.4) is 0 Å². The number of nitrogens with zero attached hydrogens (tertiary/aromatic N) is 1. The quantitative estimate of drug-likeness (QED) is 0.0166. The molecule has 0 spiro atoms. The maximum atomic E-state index is 4.69. The maximum absolute atomic E-state index is 4.69. The van der Waals surface area contributed by atoms with E-state index in [1.54, 1.807) is 0 Å². The minimum atomic E-state index is -0.614. The smallest absolute Gasteiger partial charge is 0.185 e. The van der Waals surface area contributed by atoms with Gasteiger partial charge >= 0.3 is 0 Å². The molecule has 92 heavy (non-hydrogen) atoms. The van der Waals surface area contributed by atoms with Gasteiger partial charge in [0.1, 0.15) is 11.4 Å². The second kappa shape index (κ2) is 65.2. The van der Waals surface area contributed by atoms with Gasteiger partial charge in [-0.1, -0.05) is 352 Å². The van der Waals surface area contributed by atoms with Crippen molar-refractivity contribution in [3.63, 3.8) is 0 Å². The molecule has 1 rings (SSSR count). The Bertz CT molecular complexity index is 1460. The zero-order valence-corrected chi connectivity index (χ0v) is 65.0. The van der Waals surface area contributed by atoms with Gasteiger partial charge < -0.3 is 0 Å². The van der Waals surface area contributed by atoms with Crippen molar-refractivity contribution in [2.24, 2.45) is 17.8 Å². The molecule has 0 aromatic heterocycles. The van der Waals surface area contributed by atoms with Crippen molar-refractivity contribution in [1.82, 2.24) is 53.2 Å². The van der Waals surface area contributed by atoms with Crippen LogP contribution in [0.2, 0.25) is 0 Å². The van der Waals surface area contributed by atoms with Gasteiger partial charge in [-0.05, 0) is 134 Å². The molecule has 1 saturated carbocycles. The highest BCUT2D eigenvalue weighted by molar-refractivity contribution is 5.08. The van der Waals surface area contributed by atoms with Gasteiger partial charge in [0.15, 0.2) is 5.79 Å². The van der Waals surface area contributed by atoms with Crippen molar-refractivity contribution in [1.29, 1.82) is 0 Å². The summed E-state index contributed by atoms with van der Waals surface area (Å²) in [6, 6.07) is 0.452. The summed E-state index contributed by atoms with van der Waals surface area (Å²) in [6.45, 7) is 34.6. The van der Waals surface area contributed by atoms with Crippen LogP contribution in [0.4, 0.5) is 0 Å². The molecule has 9 N–H and O–H groups in total. The zero-order chi connectivity index (χ0) is 67.0. The molecule has 5 atom stereocenters. The lowest BCUT2D eigenvalue weighted by molar-refractivity contribution is -0.144. The molecule has 1 aliphatic carbocycles. The third-order valence-corrected chi connectivity index (χ3v) is 21.2. The Kier molecular flexibility index (Phi) is 63.5. The van der Waals surface area contributed by atoms with E-state index >= 15 is 0 Å². The predicted octanol–water partition coefficient (Wildman–Crippen LogP) is 22.7. The van der Waals surface area contributed by atoms with Gasteiger partial charge in [-0.3, -0.25) is 37.2 Å². The first-order valence-electron chi connectivity index (χ1n) is 42.6. The fraction of sp³-hybridized carbons (Fsp3) is 1.00. The molecule has 5 unspecified atom stereocenters. The monoisotopic (exact) mass is 1300 g/mol. The molecule has 0 radical (unpaired) electrons. The summed E-state index contributed by atoms with van der Waals surface area (Å²) in [5, 5.41) is 33.7. The third kappa shape index (κ3) is 46.8. The summed E-state index contributed by atoms with van der Waals surface area (Å²) in [5.74, 6) is 1.41. The topological polar surface area (TPSA) is 112 Å². The van der Waals surface area contributed by atoms with E-state index < -0.39 is 11.4 Å². The number of hydrogen-bond donors (Lipinski definition) is 9. The molecular weight excluding hydrogens is 1120 g/mol. The number of nitrogens with one attached hydrogen (secondary N) is 9. The highest BCUT2D eigenvalue weighted by Gasteiger charge is 2.56. The zero-order valence-electron chi connectivity index (χ0n) is 65.0. The lowest BCUT2D eigenvalue weighted by Gasteiger charge is -2.58. The first-order chi connectivity index (χ1) is 45.1. The van der Waals surface area contributed by atoms with E-state index in [0.29, 0.717) is 12.0 Å². The minimum Gasteiger partial charge on any atom is -0.295 e. The molecule has 0 saturated heterocycles. The predicted molar refractivity (Wildman–Crippen MR) is 412 cm³/mol. The summed E-state index contributed by atoms with van der Waals surface area (Å²) in [4.78, 5) is 0. The lowest BCUT2D eigenvalue weighted by atomic mass is 9.88. The molecule has 552 valence electrons. The van der Waals surface area contributed by atoms with Gasteiger partial charge in [-0.2, -0.15) is 0 Å². The van der Waals surface area contributed by atoms with E-state index in [0.717, 1.165) is 77.0 Å². The van der Waals surface area contributed by atoms with Crippen molar-refractivity contribution in [2.45, 2.75) is 459 Å². The highest BCUT2D eigenvalue weighted by atomic mass is 15.8. The van der Waals surface area contributed by atoms with Crippen LogP contribution in [0, 0.1) is 17.8 Å². The van der Waals surface area contributed by atoms with Crippen molar-refractivity contribution in [3.05, 3.63) is 0 Å². The fourth-order valence-electron chi connectivity index (χ4n) is 14.7. The van der Waals surface area contributed by atoms with Crippen LogP contribution >= 0.6 is 0 Å². The van der Waals surface area contributed by atoms with Gasteiger partial charge in [0.05, 0.1) is 0 Å². The molecule has 1 aliphatic rings. The summed E-state index contributed by atoms with van der Waals surface area (Å²) in [6.07, 6.45) is 73.2. The van der Waals surface area contributed by atoms with Crippen LogP contribution in [-0.2, 0) is 0 Å². The van der Waals surface area contributed by atoms with E-state index in [2.05, 4.69) is 124 Å². The molecule has 10 nitrogen and oxygen atoms in total. The molecular formula is C82H174N10. The van der Waals surface area contributed by atoms with Crippen molar-refractivity contribution in [3.8, 4) is 0 Å². The van der Waals surface area contributed by atoms with Gasteiger partial charge in [0.25, 0.3) is 0 Å². The number of hydrogen-bond acceptors (Lipinski definition) is 10. The molecule has 0 aliphatic heterocycles. The van der Waals surface area contributed by atoms with E-state index in [-0.39, 0.29) is 5.79 Å². The Balaban J connectivity index is 3.75. The SMILES string of the molecule is CCCCCCCCCCNN(NCCC(C)CCCC(C)C)C(NCCCCCCC)(NC1CCCCC1)C(CCCCCCCCCC(NCCCCCCCC)(NCCCCCCCCCC)NCC(CC)CCCC)(NCCCCC)NCCCCCC. The van der Waals surface area contributed by atoms with Gasteiger partial charge in [0.2, 0.25) is 0 Å². The normalized spacial score (nSPS) is 16.0. The summed E-state index contributed by atoms with van der Waals surface area (Å²) >= 11 is 0. The Morgan fingerprint density at radius 3 is 1.17 bits per heavy atom. The van der Waals surface area contributed by atoms with Crippen molar-refractivity contribution in [2.75, 3.05) is 52.4 Å². The van der Waals surface area contributed by atoms with Crippen LogP contribution in [0.5, 0.6) is 0 Å². The van der Waals surface area contributed by atoms with Gasteiger partial charge in [-0.15, -0.1) is 5.12 Å². The Morgan fingerprint density at radius 2 is 0.707 bits per heavy atom. The average Bonchev–Trinajstić information content (AvgIpc) is 0.748. The lowest BCUT2D eigenvalue weighted by Crippen LogP contribution is -2.90. The highest BCUT2D eigenvalue weighted by Crippen LogP contribution is 2.32. The van der Waals surface area contributed by atoms with Crippen LogP contribution in [-0.4, -0.2) is 80.8 Å². The minimum absolute atomic E-state index is 0.180. The van der Waals surface area contributed by atoms with Gasteiger partial charge in [-0.25, -0.2) is 10.9 Å². The number of hydrazine groups is 2. The molecule has 0 aromatic rings. The van der Waals surface area contributed by atoms with E-state index in [1.807, 2.05) is 0 Å². The molecule has 0 amide bonds. The third-order valence-electron chi connectivity index (χ3n) is 21.2. The van der Waals surface area contributed by atoms with Gasteiger partial charge in [0, 0.05) is 25.7 Å². The van der Waals surface area contributed by atoms with Crippen molar-refractivity contribution >= 4 is 0 Å². The molecule has 0 heterocycles. The average molecular weight is 1300 g/mol. The summed E-state index contributed by atoms with van der Waals surface area (Å²) in [7, 11) is 0. The van der Waals surface area contributed by atoms with E-state index in [9.17, 15) is 0 Å². The molecule has 0 aromatic carbocycles. The number of unbranched alkanes of at least 4 members (excludes halogenated alkanes) is 35. The number of rotatable bonds is 75. The molecule has 1 fully saturated rings. The molecule has 0 bridgehead atoms. The largest absolute Gasteiger partial charge is 0.295 e. The molecule has 10 heteroatoms. The first kappa shape index (κ1) is 89.6. The standard InChI is InChI=1S/C82H174N10/c1-12-20-27-32-35-40-46-56-71-86-81(85-70-55-45-34-29-22-14-3,88-75-78(19-8)62-26-18-7)67-52-43-39-37-38-42-51-66-80(83-68-53-25-17-6,84-69-54-31-24-16-5)82(87-72-57-44-30-23-15-4,91-79-63-49-48-50-64-79)92(89-73-58-47-41-36-33-28-21-13-2)90-74-65-77(11)61-59-60-76(9)10/h76-79,83-91H,12-75H2,1-11H3. The second-order valence-electron chi connectivity index (χ2n) is 30.7. The second-order valence-corrected chi connectivity index (χ2v) is 30.7.